The lowest BCUT2D eigenvalue weighted by Gasteiger charge is -2.35. The Labute approximate surface area is 188 Å². The van der Waals surface area contributed by atoms with Crippen LogP contribution in [0.15, 0.2) is 36.9 Å². The van der Waals surface area contributed by atoms with Gasteiger partial charge in [0.1, 0.15) is 0 Å². The molecule has 0 spiro atoms. The van der Waals surface area contributed by atoms with Gasteiger partial charge in [0.2, 0.25) is 0 Å². The predicted octanol–water partition coefficient (Wildman–Crippen LogP) is 9.08. The maximum Gasteiger partial charge on any atom is 0.162 e. The molecule has 3 aliphatic rings. The van der Waals surface area contributed by atoms with Crippen LogP contribution >= 0.6 is 0 Å². The summed E-state index contributed by atoms with van der Waals surface area (Å²) in [5.41, 5.74) is 1.15. The first-order valence-electron chi connectivity index (χ1n) is 12.9. The molecule has 2 heteroatoms. The highest BCUT2D eigenvalue weighted by atomic mass is 19.2. The van der Waals surface area contributed by atoms with Gasteiger partial charge in [-0.25, -0.2) is 8.78 Å². The lowest BCUT2D eigenvalue weighted by Crippen LogP contribution is -2.23. The molecular weight excluding hydrogens is 386 g/mol. The van der Waals surface area contributed by atoms with Crippen molar-refractivity contribution in [3.8, 4) is 0 Å². The Morgan fingerprint density at radius 3 is 2.13 bits per heavy atom. The van der Waals surface area contributed by atoms with E-state index in [0.717, 1.165) is 50.4 Å². The minimum Gasteiger partial charge on any atom is -0.203 e. The molecule has 1 aromatic carbocycles. The van der Waals surface area contributed by atoms with Crippen molar-refractivity contribution in [3.63, 3.8) is 0 Å². The zero-order valence-electron chi connectivity index (χ0n) is 19.3. The van der Waals surface area contributed by atoms with Crippen molar-refractivity contribution in [2.24, 2.45) is 23.7 Å². The van der Waals surface area contributed by atoms with Crippen molar-refractivity contribution in [2.45, 2.75) is 95.8 Å². The monoisotopic (exact) mass is 426 g/mol. The van der Waals surface area contributed by atoms with Gasteiger partial charge in [0, 0.05) is 5.92 Å². The molecule has 2 unspecified atom stereocenters. The average molecular weight is 427 g/mol. The molecule has 0 N–H and O–H groups in total. The van der Waals surface area contributed by atoms with E-state index in [2.05, 4.69) is 25.7 Å². The van der Waals surface area contributed by atoms with E-state index >= 15 is 8.78 Å². The Hall–Kier alpha value is -1.44. The van der Waals surface area contributed by atoms with E-state index in [4.69, 9.17) is 0 Å². The van der Waals surface area contributed by atoms with E-state index in [1.807, 2.05) is 18.2 Å². The van der Waals surface area contributed by atoms with Crippen molar-refractivity contribution in [2.75, 3.05) is 0 Å². The number of hydrogen-bond donors (Lipinski definition) is 0. The fraction of sp³-hybridized carbons (Fsp3) is 0.655. The van der Waals surface area contributed by atoms with Crippen LogP contribution in [0, 0.1) is 35.3 Å². The van der Waals surface area contributed by atoms with E-state index in [9.17, 15) is 0 Å². The van der Waals surface area contributed by atoms with Crippen LogP contribution in [0.4, 0.5) is 8.78 Å². The zero-order valence-corrected chi connectivity index (χ0v) is 19.3. The van der Waals surface area contributed by atoms with Gasteiger partial charge in [-0.05, 0) is 92.1 Å². The number of rotatable bonds is 6. The number of benzene rings is 1. The van der Waals surface area contributed by atoms with Crippen molar-refractivity contribution >= 4 is 0 Å². The zero-order chi connectivity index (χ0) is 21.8. The molecule has 0 bridgehead atoms. The van der Waals surface area contributed by atoms with E-state index in [-0.39, 0.29) is 11.8 Å². The maximum atomic E-state index is 15.1. The van der Waals surface area contributed by atoms with Crippen LogP contribution in [0.25, 0.3) is 0 Å². The van der Waals surface area contributed by atoms with Crippen LogP contribution in [0.5, 0.6) is 0 Å². The molecule has 1 aromatic rings. The molecule has 0 amide bonds. The SMILES string of the molecule is C=CC1CCC(c2ccc(C3C=CC(C4CCC(CCC)CC4)CC3)c(F)c2F)CC1. The number of halogens is 2. The molecule has 2 fully saturated rings. The lowest BCUT2D eigenvalue weighted by molar-refractivity contribution is 0.208. The quantitative estimate of drug-likeness (QED) is 0.398. The normalized spacial score (nSPS) is 33.9. The Bertz CT molecular complexity index is 763. The number of allylic oxidation sites excluding steroid dienone is 3. The summed E-state index contributed by atoms with van der Waals surface area (Å²) in [6.45, 7) is 6.17. The van der Waals surface area contributed by atoms with Gasteiger partial charge in [-0.15, -0.1) is 6.58 Å². The van der Waals surface area contributed by atoms with Gasteiger partial charge >= 0.3 is 0 Å². The third kappa shape index (κ3) is 5.15. The maximum absolute atomic E-state index is 15.1. The summed E-state index contributed by atoms with van der Waals surface area (Å²) in [4.78, 5) is 0. The third-order valence-corrected chi connectivity index (χ3v) is 8.68. The standard InChI is InChI=1S/C29H40F2/c1-3-5-21-8-10-22(11-9-21)23-14-16-25(17-15-23)27-19-18-26(28(30)29(27)31)24-12-6-20(4-2)7-13-24/h4,14,16,18-25H,2-3,5-13,15,17H2,1H3. The minimum absolute atomic E-state index is 0.0210. The van der Waals surface area contributed by atoms with E-state index in [0.29, 0.717) is 23.0 Å². The second-order valence-corrected chi connectivity index (χ2v) is 10.5. The molecular formula is C29H40F2. The predicted molar refractivity (Wildman–Crippen MR) is 126 cm³/mol. The lowest BCUT2D eigenvalue weighted by atomic mass is 9.70. The van der Waals surface area contributed by atoms with E-state index in [1.165, 1.54) is 38.5 Å². The molecule has 2 saturated carbocycles. The van der Waals surface area contributed by atoms with Gasteiger partial charge in [0.15, 0.2) is 11.6 Å². The Morgan fingerprint density at radius 1 is 0.839 bits per heavy atom. The van der Waals surface area contributed by atoms with Crippen LogP contribution in [-0.2, 0) is 0 Å². The highest BCUT2D eigenvalue weighted by molar-refractivity contribution is 5.34. The Kier molecular flexibility index (Phi) is 7.67. The summed E-state index contributed by atoms with van der Waals surface area (Å²) in [5.74, 6) is 1.86. The summed E-state index contributed by atoms with van der Waals surface area (Å²) >= 11 is 0. The molecule has 3 aliphatic carbocycles. The first kappa shape index (κ1) is 22.7. The van der Waals surface area contributed by atoms with Gasteiger partial charge in [0.05, 0.1) is 0 Å². The van der Waals surface area contributed by atoms with Crippen molar-refractivity contribution in [3.05, 3.63) is 59.7 Å². The van der Waals surface area contributed by atoms with E-state index in [1.54, 1.807) is 0 Å². The van der Waals surface area contributed by atoms with Gasteiger partial charge in [-0.3, -0.25) is 0 Å². The molecule has 0 saturated heterocycles. The molecule has 0 aliphatic heterocycles. The molecule has 0 radical (unpaired) electrons. The van der Waals surface area contributed by atoms with Crippen LogP contribution in [-0.4, -0.2) is 0 Å². The highest BCUT2D eigenvalue weighted by Gasteiger charge is 2.31. The summed E-state index contributed by atoms with van der Waals surface area (Å²) in [5, 5.41) is 0. The summed E-state index contributed by atoms with van der Waals surface area (Å²) in [7, 11) is 0. The van der Waals surface area contributed by atoms with Crippen LogP contribution in [0.1, 0.15) is 107 Å². The summed E-state index contributed by atoms with van der Waals surface area (Å²) < 4.78 is 30.1. The van der Waals surface area contributed by atoms with Gasteiger partial charge in [-0.1, -0.05) is 63.0 Å². The second-order valence-electron chi connectivity index (χ2n) is 10.5. The summed E-state index contributed by atoms with van der Waals surface area (Å²) in [6.07, 6.45) is 20.6. The van der Waals surface area contributed by atoms with E-state index < -0.39 is 11.6 Å². The van der Waals surface area contributed by atoms with Crippen LogP contribution in [0.2, 0.25) is 0 Å². The van der Waals surface area contributed by atoms with Crippen LogP contribution < -0.4 is 0 Å². The van der Waals surface area contributed by atoms with Crippen LogP contribution in [0.3, 0.4) is 0 Å². The van der Waals surface area contributed by atoms with Crippen molar-refractivity contribution < 1.29 is 8.78 Å². The Morgan fingerprint density at radius 2 is 1.52 bits per heavy atom. The number of hydrogen-bond acceptors (Lipinski definition) is 0. The first-order chi connectivity index (χ1) is 15.1. The van der Waals surface area contributed by atoms with Crippen molar-refractivity contribution in [1.29, 1.82) is 0 Å². The molecule has 31 heavy (non-hydrogen) atoms. The fourth-order valence-electron chi connectivity index (χ4n) is 6.65. The van der Waals surface area contributed by atoms with Gasteiger partial charge in [0.25, 0.3) is 0 Å². The highest BCUT2D eigenvalue weighted by Crippen LogP contribution is 2.43. The van der Waals surface area contributed by atoms with Crippen molar-refractivity contribution in [1.82, 2.24) is 0 Å². The van der Waals surface area contributed by atoms with Gasteiger partial charge in [-0.2, -0.15) is 0 Å². The molecule has 0 aromatic heterocycles. The topological polar surface area (TPSA) is 0 Å². The molecule has 0 heterocycles. The average Bonchev–Trinajstić information content (AvgIpc) is 2.82. The molecule has 0 nitrogen and oxygen atoms in total. The van der Waals surface area contributed by atoms with Gasteiger partial charge < -0.3 is 0 Å². The molecule has 170 valence electrons. The Balaban J connectivity index is 1.39. The molecule has 4 rings (SSSR count). The fourth-order valence-corrected chi connectivity index (χ4v) is 6.65. The third-order valence-electron chi connectivity index (χ3n) is 8.68. The molecule has 2 atom stereocenters. The largest absolute Gasteiger partial charge is 0.203 e. The smallest absolute Gasteiger partial charge is 0.162 e. The first-order valence-corrected chi connectivity index (χ1v) is 12.9. The minimum atomic E-state index is -0.600. The second kappa shape index (κ2) is 10.5. The summed E-state index contributed by atoms with van der Waals surface area (Å²) in [6, 6.07) is 3.75.